The maximum absolute atomic E-state index is 5.91. The largest absolute Gasteiger partial charge is 0.490 e. The summed E-state index contributed by atoms with van der Waals surface area (Å²) in [6.45, 7) is 2.15. The van der Waals surface area contributed by atoms with Crippen molar-refractivity contribution in [1.29, 1.82) is 0 Å². The molecule has 1 heterocycles. The van der Waals surface area contributed by atoms with E-state index < -0.39 is 0 Å². The van der Waals surface area contributed by atoms with Gasteiger partial charge < -0.3 is 10.1 Å². The van der Waals surface area contributed by atoms with Crippen LogP contribution in [0.15, 0.2) is 29.2 Å². The van der Waals surface area contributed by atoms with Crippen molar-refractivity contribution in [3.8, 4) is 5.75 Å². The van der Waals surface area contributed by atoms with E-state index in [0.29, 0.717) is 6.10 Å². The number of thioether (sulfide) groups is 1. The lowest BCUT2D eigenvalue weighted by atomic mass is 10.1. The predicted octanol–water partition coefficient (Wildman–Crippen LogP) is 2.54. The predicted molar refractivity (Wildman–Crippen MR) is 64.7 cm³/mol. The molecular formula is C12H17NOS. The average Bonchev–Trinajstić information content (AvgIpc) is 2.31. The normalized spacial score (nSPS) is 17.7. The molecule has 0 aromatic heterocycles. The summed E-state index contributed by atoms with van der Waals surface area (Å²) in [6.07, 6.45) is 4.71. The number of ether oxygens (including phenoxy) is 1. The molecule has 0 spiro atoms. The standard InChI is InChI=1S/C12H17NOS/c1-15-12-4-2-10(3-5-12)14-11-6-8-13-9-7-11/h2-5,11,13H,6-9H2,1H3. The maximum Gasteiger partial charge on any atom is 0.119 e. The lowest BCUT2D eigenvalue weighted by Crippen LogP contribution is -2.34. The molecule has 1 aliphatic rings. The second kappa shape index (κ2) is 5.42. The van der Waals surface area contributed by atoms with Gasteiger partial charge in [-0.2, -0.15) is 0 Å². The highest BCUT2D eigenvalue weighted by Crippen LogP contribution is 2.21. The Morgan fingerprint density at radius 3 is 2.47 bits per heavy atom. The minimum absolute atomic E-state index is 0.395. The van der Waals surface area contributed by atoms with Crippen LogP contribution < -0.4 is 10.1 Å². The zero-order chi connectivity index (χ0) is 10.5. The number of piperidine rings is 1. The molecule has 1 aliphatic heterocycles. The van der Waals surface area contributed by atoms with Crippen molar-refractivity contribution in [1.82, 2.24) is 5.32 Å². The van der Waals surface area contributed by atoms with E-state index in [1.165, 1.54) is 4.90 Å². The van der Waals surface area contributed by atoms with Gasteiger partial charge in [0, 0.05) is 4.90 Å². The first-order valence-electron chi connectivity index (χ1n) is 5.40. The molecule has 0 saturated carbocycles. The lowest BCUT2D eigenvalue weighted by Gasteiger charge is -2.23. The fraction of sp³-hybridized carbons (Fsp3) is 0.500. The van der Waals surface area contributed by atoms with Crippen molar-refractivity contribution in [2.24, 2.45) is 0 Å². The van der Waals surface area contributed by atoms with Crippen molar-refractivity contribution in [2.45, 2.75) is 23.8 Å². The highest BCUT2D eigenvalue weighted by Gasteiger charge is 2.13. The van der Waals surface area contributed by atoms with E-state index >= 15 is 0 Å². The van der Waals surface area contributed by atoms with Crippen LogP contribution in [0.25, 0.3) is 0 Å². The van der Waals surface area contributed by atoms with Crippen molar-refractivity contribution >= 4 is 11.8 Å². The van der Waals surface area contributed by atoms with Gasteiger partial charge >= 0.3 is 0 Å². The number of hydrogen-bond donors (Lipinski definition) is 1. The summed E-state index contributed by atoms with van der Waals surface area (Å²) in [5.41, 5.74) is 0. The Bertz CT molecular complexity index is 293. The molecule has 1 fully saturated rings. The molecule has 0 atom stereocenters. The first-order valence-corrected chi connectivity index (χ1v) is 6.62. The quantitative estimate of drug-likeness (QED) is 0.796. The Labute approximate surface area is 95.4 Å². The molecule has 1 N–H and O–H groups in total. The zero-order valence-corrected chi connectivity index (χ0v) is 9.85. The molecule has 0 aliphatic carbocycles. The fourth-order valence-electron chi connectivity index (χ4n) is 1.76. The number of hydrogen-bond acceptors (Lipinski definition) is 3. The van der Waals surface area contributed by atoms with Gasteiger partial charge in [0.2, 0.25) is 0 Å². The van der Waals surface area contributed by atoms with Gasteiger partial charge in [0.15, 0.2) is 0 Å². The van der Waals surface area contributed by atoms with Gasteiger partial charge in [0.1, 0.15) is 11.9 Å². The summed E-state index contributed by atoms with van der Waals surface area (Å²) >= 11 is 1.76. The molecule has 2 rings (SSSR count). The third-order valence-corrected chi connectivity index (χ3v) is 3.39. The second-order valence-corrected chi connectivity index (χ2v) is 4.62. The van der Waals surface area contributed by atoms with E-state index in [-0.39, 0.29) is 0 Å². The monoisotopic (exact) mass is 223 g/mol. The van der Waals surface area contributed by atoms with Gasteiger partial charge in [-0.05, 0) is 56.5 Å². The van der Waals surface area contributed by atoms with Crippen LogP contribution in [-0.2, 0) is 0 Å². The first kappa shape index (κ1) is 10.8. The van der Waals surface area contributed by atoms with Gasteiger partial charge in [-0.3, -0.25) is 0 Å². The van der Waals surface area contributed by atoms with Crippen LogP contribution in [0, 0.1) is 0 Å². The van der Waals surface area contributed by atoms with Crippen LogP contribution in [-0.4, -0.2) is 25.4 Å². The topological polar surface area (TPSA) is 21.3 Å². The van der Waals surface area contributed by atoms with E-state index in [9.17, 15) is 0 Å². The molecule has 1 aromatic rings. The Hall–Kier alpha value is -0.670. The van der Waals surface area contributed by atoms with Crippen molar-refractivity contribution in [3.63, 3.8) is 0 Å². The number of benzene rings is 1. The zero-order valence-electron chi connectivity index (χ0n) is 9.03. The second-order valence-electron chi connectivity index (χ2n) is 3.74. The molecule has 2 nitrogen and oxygen atoms in total. The van der Waals surface area contributed by atoms with Crippen LogP contribution in [0.3, 0.4) is 0 Å². The highest BCUT2D eigenvalue weighted by molar-refractivity contribution is 7.98. The minimum Gasteiger partial charge on any atom is -0.490 e. The molecule has 1 aromatic carbocycles. The summed E-state index contributed by atoms with van der Waals surface area (Å²) in [5.74, 6) is 1.000. The smallest absolute Gasteiger partial charge is 0.119 e. The SMILES string of the molecule is CSc1ccc(OC2CCNCC2)cc1. The van der Waals surface area contributed by atoms with Gasteiger partial charge in [-0.25, -0.2) is 0 Å². The molecule has 15 heavy (non-hydrogen) atoms. The highest BCUT2D eigenvalue weighted by atomic mass is 32.2. The van der Waals surface area contributed by atoms with Gasteiger partial charge in [0.05, 0.1) is 0 Å². The minimum atomic E-state index is 0.395. The average molecular weight is 223 g/mol. The Kier molecular flexibility index (Phi) is 3.92. The van der Waals surface area contributed by atoms with Crippen LogP contribution in [0.2, 0.25) is 0 Å². The molecule has 0 amide bonds. The van der Waals surface area contributed by atoms with Gasteiger partial charge in [-0.1, -0.05) is 0 Å². The molecule has 1 saturated heterocycles. The van der Waals surface area contributed by atoms with Crippen molar-refractivity contribution < 1.29 is 4.74 Å². The third-order valence-electron chi connectivity index (χ3n) is 2.65. The number of rotatable bonds is 3. The van der Waals surface area contributed by atoms with E-state index in [2.05, 4.69) is 35.8 Å². The van der Waals surface area contributed by atoms with Crippen molar-refractivity contribution in [3.05, 3.63) is 24.3 Å². The summed E-state index contributed by atoms with van der Waals surface area (Å²) in [4.78, 5) is 1.28. The van der Waals surface area contributed by atoms with E-state index in [4.69, 9.17) is 4.74 Å². The fourth-order valence-corrected chi connectivity index (χ4v) is 2.17. The molecule has 0 radical (unpaired) electrons. The first-order chi connectivity index (χ1) is 7.38. The van der Waals surface area contributed by atoms with Crippen LogP contribution in [0.1, 0.15) is 12.8 Å². The molecule has 0 unspecified atom stereocenters. The summed E-state index contributed by atoms with van der Waals surface area (Å²) in [6, 6.07) is 8.35. The van der Waals surface area contributed by atoms with Crippen LogP contribution >= 0.6 is 11.8 Å². The molecule has 82 valence electrons. The maximum atomic E-state index is 5.91. The third kappa shape index (κ3) is 3.14. The van der Waals surface area contributed by atoms with E-state index in [0.717, 1.165) is 31.7 Å². The Balaban J connectivity index is 1.91. The van der Waals surface area contributed by atoms with E-state index in [1.54, 1.807) is 11.8 Å². The molecular weight excluding hydrogens is 206 g/mol. The van der Waals surface area contributed by atoms with Crippen LogP contribution in [0.4, 0.5) is 0 Å². The summed E-state index contributed by atoms with van der Waals surface area (Å²) < 4.78 is 5.91. The number of nitrogens with one attached hydrogen (secondary N) is 1. The van der Waals surface area contributed by atoms with Gasteiger partial charge in [0.25, 0.3) is 0 Å². The van der Waals surface area contributed by atoms with E-state index in [1.807, 2.05) is 0 Å². The Morgan fingerprint density at radius 2 is 1.87 bits per heavy atom. The van der Waals surface area contributed by atoms with Crippen LogP contribution in [0.5, 0.6) is 5.75 Å². The van der Waals surface area contributed by atoms with Gasteiger partial charge in [-0.15, -0.1) is 11.8 Å². The summed E-state index contributed by atoms with van der Waals surface area (Å²) in [7, 11) is 0. The molecule has 0 bridgehead atoms. The van der Waals surface area contributed by atoms with Crippen molar-refractivity contribution in [2.75, 3.05) is 19.3 Å². The summed E-state index contributed by atoms with van der Waals surface area (Å²) in [5, 5.41) is 3.34. The lowest BCUT2D eigenvalue weighted by molar-refractivity contribution is 0.162. The molecule has 3 heteroatoms. The Morgan fingerprint density at radius 1 is 1.20 bits per heavy atom.